The fraction of sp³-hybridized carbons (Fsp3) is 0.348. The van der Waals surface area contributed by atoms with Crippen molar-refractivity contribution in [3.05, 3.63) is 64.4 Å². The summed E-state index contributed by atoms with van der Waals surface area (Å²) in [5, 5.41) is 0.780. The van der Waals surface area contributed by atoms with Crippen LogP contribution < -0.4 is 5.56 Å². The number of nitrogens with zero attached hydrogens (tertiary/aromatic N) is 4. The Morgan fingerprint density at radius 1 is 1.03 bits per heavy atom. The van der Waals surface area contributed by atoms with Gasteiger partial charge in [-0.3, -0.25) is 14.2 Å². The van der Waals surface area contributed by atoms with Crippen LogP contribution in [-0.2, 0) is 4.79 Å². The first-order chi connectivity index (χ1) is 14.5. The maximum atomic E-state index is 13.4. The van der Waals surface area contributed by atoms with Crippen LogP contribution in [0.25, 0.3) is 16.6 Å². The molecule has 2 heterocycles. The van der Waals surface area contributed by atoms with Gasteiger partial charge in [-0.05, 0) is 44.7 Å². The molecular formula is C23H26N4O2S. The van der Waals surface area contributed by atoms with E-state index >= 15 is 0 Å². The van der Waals surface area contributed by atoms with Crippen LogP contribution in [-0.4, -0.2) is 63.7 Å². The lowest BCUT2D eigenvalue weighted by Crippen LogP contribution is -2.49. The van der Waals surface area contributed by atoms with Crippen molar-refractivity contribution in [2.75, 3.05) is 33.2 Å². The van der Waals surface area contributed by atoms with Gasteiger partial charge in [0.15, 0.2) is 5.16 Å². The molecule has 0 radical (unpaired) electrons. The number of para-hydroxylation sites is 2. The summed E-state index contributed by atoms with van der Waals surface area (Å²) in [5.74, 6) is 0.0897. The highest BCUT2D eigenvalue weighted by Gasteiger charge is 2.26. The molecule has 1 saturated heterocycles. The highest BCUT2D eigenvalue weighted by Crippen LogP contribution is 2.27. The molecule has 0 aliphatic carbocycles. The van der Waals surface area contributed by atoms with Crippen LogP contribution in [0.15, 0.2) is 58.5 Å². The van der Waals surface area contributed by atoms with E-state index in [0.717, 1.165) is 37.4 Å². The van der Waals surface area contributed by atoms with Gasteiger partial charge in [-0.1, -0.05) is 42.1 Å². The minimum atomic E-state index is -0.336. The lowest BCUT2D eigenvalue weighted by atomic mass is 10.2. The number of carbonyl (C=O) groups excluding carboxylic acids is 1. The van der Waals surface area contributed by atoms with E-state index in [1.165, 1.54) is 11.8 Å². The van der Waals surface area contributed by atoms with Crippen LogP contribution in [0, 0.1) is 6.92 Å². The Kier molecular flexibility index (Phi) is 5.92. The predicted molar refractivity (Wildman–Crippen MR) is 121 cm³/mol. The van der Waals surface area contributed by atoms with E-state index in [1.807, 2.05) is 61.2 Å². The van der Waals surface area contributed by atoms with E-state index < -0.39 is 0 Å². The number of rotatable bonds is 4. The van der Waals surface area contributed by atoms with Gasteiger partial charge in [0, 0.05) is 26.2 Å². The maximum absolute atomic E-state index is 13.4. The van der Waals surface area contributed by atoms with Crippen molar-refractivity contribution < 1.29 is 4.79 Å². The Balaban J connectivity index is 1.74. The standard InChI is InChI=1S/C23H26N4O2S/c1-16-8-4-7-11-20(16)27-22(29)18-9-5-6-10-19(18)24-23(27)30-17(2)21(28)26-14-12-25(3)13-15-26/h4-11,17H,12-15H2,1-3H3/t17-/m0/s1. The number of benzene rings is 2. The van der Waals surface area contributed by atoms with Crippen molar-refractivity contribution in [1.29, 1.82) is 0 Å². The zero-order chi connectivity index (χ0) is 21.3. The fourth-order valence-electron chi connectivity index (χ4n) is 3.71. The summed E-state index contributed by atoms with van der Waals surface area (Å²) < 4.78 is 1.65. The molecule has 6 nitrogen and oxygen atoms in total. The third kappa shape index (κ3) is 4.00. The molecule has 3 aromatic rings. The number of carbonyl (C=O) groups is 1. The number of aryl methyl sites for hydroxylation is 1. The predicted octanol–water partition coefficient (Wildman–Crippen LogP) is 2.95. The van der Waals surface area contributed by atoms with Gasteiger partial charge in [0.05, 0.1) is 21.8 Å². The largest absolute Gasteiger partial charge is 0.339 e. The van der Waals surface area contributed by atoms with Crippen molar-refractivity contribution in [3.63, 3.8) is 0 Å². The maximum Gasteiger partial charge on any atom is 0.266 e. The van der Waals surface area contributed by atoms with Crippen molar-refractivity contribution >= 4 is 28.6 Å². The SMILES string of the molecule is Cc1ccccc1-n1c(S[C@@H](C)C(=O)N2CCN(C)CC2)nc2ccccc2c1=O. The van der Waals surface area contributed by atoms with E-state index in [-0.39, 0.29) is 16.7 Å². The van der Waals surface area contributed by atoms with Gasteiger partial charge >= 0.3 is 0 Å². The Hall–Kier alpha value is -2.64. The molecule has 4 rings (SSSR count). The van der Waals surface area contributed by atoms with E-state index in [0.29, 0.717) is 16.1 Å². The average molecular weight is 423 g/mol. The zero-order valence-electron chi connectivity index (χ0n) is 17.5. The number of hydrogen-bond acceptors (Lipinski definition) is 5. The molecule has 1 aromatic heterocycles. The van der Waals surface area contributed by atoms with Gasteiger partial charge in [-0.25, -0.2) is 4.98 Å². The number of hydrogen-bond donors (Lipinski definition) is 0. The molecule has 0 unspecified atom stereocenters. The third-order valence-electron chi connectivity index (χ3n) is 5.55. The molecular weight excluding hydrogens is 396 g/mol. The topological polar surface area (TPSA) is 58.4 Å². The van der Waals surface area contributed by atoms with E-state index in [9.17, 15) is 9.59 Å². The van der Waals surface area contributed by atoms with Crippen LogP contribution in [0.3, 0.4) is 0 Å². The zero-order valence-corrected chi connectivity index (χ0v) is 18.4. The first kappa shape index (κ1) is 20.6. The number of amides is 1. The van der Waals surface area contributed by atoms with Gasteiger partial charge < -0.3 is 9.80 Å². The van der Waals surface area contributed by atoms with Crippen LogP contribution in [0.1, 0.15) is 12.5 Å². The summed E-state index contributed by atoms with van der Waals surface area (Å²) in [6, 6.07) is 15.1. The van der Waals surface area contributed by atoms with Crippen molar-refractivity contribution in [2.45, 2.75) is 24.3 Å². The average Bonchev–Trinajstić information content (AvgIpc) is 2.75. The highest BCUT2D eigenvalue weighted by atomic mass is 32.2. The quantitative estimate of drug-likeness (QED) is 0.478. The molecule has 7 heteroatoms. The van der Waals surface area contributed by atoms with E-state index in [4.69, 9.17) is 4.98 Å². The summed E-state index contributed by atoms with van der Waals surface area (Å²) in [4.78, 5) is 35.4. The molecule has 2 aromatic carbocycles. The van der Waals surface area contributed by atoms with Crippen molar-refractivity contribution in [3.8, 4) is 5.69 Å². The molecule has 1 aliphatic rings. The van der Waals surface area contributed by atoms with Crippen molar-refractivity contribution in [2.24, 2.45) is 0 Å². The monoisotopic (exact) mass is 422 g/mol. The summed E-state index contributed by atoms with van der Waals surface area (Å²) in [6.45, 7) is 7.10. The molecule has 1 fully saturated rings. The third-order valence-corrected chi connectivity index (χ3v) is 6.59. The summed E-state index contributed by atoms with van der Waals surface area (Å²) in [5.41, 5.74) is 2.31. The number of thioether (sulfide) groups is 1. The molecule has 1 aliphatic heterocycles. The molecule has 0 bridgehead atoms. The molecule has 0 spiro atoms. The number of aromatic nitrogens is 2. The second kappa shape index (κ2) is 8.62. The molecule has 0 N–H and O–H groups in total. The first-order valence-electron chi connectivity index (χ1n) is 10.2. The normalized spacial score (nSPS) is 16.0. The Bertz CT molecular complexity index is 1140. The van der Waals surface area contributed by atoms with E-state index in [2.05, 4.69) is 11.9 Å². The van der Waals surface area contributed by atoms with Gasteiger partial charge in [-0.15, -0.1) is 0 Å². The second-order valence-electron chi connectivity index (χ2n) is 7.73. The molecule has 0 saturated carbocycles. The molecule has 1 amide bonds. The lowest BCUT2D eigenvalue weighted by molar-refractivity contribution is -0.131. The van der Waals surface area contributed by atoms with Gasteiger partial charge in [0.2, 0.25) is 5.91 Å². The summed E-state index contributed by atoms with van der Waals surface area (Å²) in [7, 11) is 2.07. The number of piperazine rings is 1. The Morgan fingerprint density at radius 2 is 1.70 bits per heavy atom. The summed E-state index contributed by atoms with van der Waals surface area (Å²) in [6.07, 6.45) is 0. The van der Waals surface area contributed by atoms with Crippen LogP contribution >= 0.6 is 11.8 Å². The number of likely N-dealkylation sites (N-methyl/N-ethyl adjacent to an activating group) is 1. The second-order valence-corrected chi connectivity index (χ2v) is 9.04. The smallest absolute Gasteiger partial charge is 0.266 e. The fourth-order valence-corrected chi connectivity index (χ4v) is 4.71. The molecule has 1 atom stereocenters. The molecule has 30 heavy (non-hydrogen) atoms. The molecule has 156 valence electrons. The van der Waals surface area contributed by atoms with Gasteiger partial charge in [0.25, 0.3) is 5.56 Å². The Labute approximate surface area is 180 Å². The van der Waals surface area contributed by atoms with Crippen LogP contribution in [0.2, 0.25) is 0 Å². The van der Waals surface area contributed by atoms with Gasteiger partial charge in [-0.2, -0.15) is 0 Å². The van der Waals surface area contributed by atoms with Crippen molar-refractivity contribution in [1.82, 2.24) is 19.4 Å². The van der Waals surface area contributed by atoms with Crippen LogP contribution in [0.4, 0.5) is 0 Å². The van der Waals surface area contributed by atoms with Crippen LogP contribution in [0.5, 0.6) is 0 Å². The lowest BCUT2D eigenvalue weighted by Gasteiger charge is -2.33. The minimum Gasteiger partial charge on any atom is -0.339 e. The van der Waals surface area contributed by atoms with E-state index in [1.54, 1.807) is 10.6 Å². The van der Waals surface area contributed by atoms with Gasteiger partial charge in [0.1, 0.15) is 0 Å². The highest BCUT2D eigenvalue weighted by molar-refractivity contribution is 8.00. The summed E-state index contributed by atoms with van der Waals surface area (Å²) >= 11 is 1.35. The Morgan fingerprint density at radius 3 is 2.43 bits per heavy atom. The first-order valence-corrected chi connectivity index (χ1v) is 11.1. The minimum absolute atomic E-state index is 0.0897. The number of fused-ring (bicyclic) bond motifs is 1.